The van der Waals surface area contributed by atoms with Crippen molar-refractivity contribution in [1.82, 2.24) is 4.98 Å². The molecule has 0 radical (unpaired) electrons. The number of hydrogen-bond acceptors (Lipinski definition) is 5. The van der Waals surface area contributed by atoms with Crippen LogP contribution in [0, 0.1) is 10.1 Å². The quantitative estimate of drug-likeness (QED) is 0.436. The van der Waals surface area contributed by atoms with Crippen molar-refractivity contribution in [2.75, 3.05) is 14.2 Å². The number of nitrogens with one attached hydrogen (secondary N) is 1. The summed E-state index contributed by atoms with van der Waals surface area (Å²) in [4.78, 5) is 25.1. The third-order valence-corrected chi connectivity index (χ3v) is 4.05. The van der Waals surface area contributed by atoms with E-state index >= 15 is 0 Å². The van der Waals surface area contributed by atoms with Crippen molar-refractivity contribution in [3.63, 3.8) is 0 Å². The van der Waals surface area contributed by atoms with Gasteiger partial charge >= 0.3 is 5.97 Å². The fourth-order valence-electron chi connectivity index (χ4n) is 2.77. The molecule has 7 heteroatoms. The van der Waals surface area contributed by atoms with Gasteiger partial charge in [0.2, 0.25) is 0 Å². The van der Waals surface area contributed by atoms with Gasteiger partial charge in [-0.05, 0) is 29.3 Å². The summed E-state index contributed by atoms with van der Waals surface area (Å²) >= 11 is 0. The number of methoxy groups -OCH3 is 2. The number of nitrogens with zero attached hydrogens (tertiary/aromatic N) is 1. The van der Waals surface area contributed by atoms with Crippen LogP contribution in [0.1, 0.15) is 21.5 Å². The Bertz CT molecular complexity index is 961. The summed E-state index contributed by atoms with van der Waals surface area (Å²) in [6, 6.07) is 9.86. The molecule has 1 N–H and O–H groups in total. The highest BCUT2D eigenvalue weighted by atomic mass is 16.6. The number of esters is 1. The first-order valence-corrected chi connectivity index (χ1v) is 7.53. The number of ether oxygens (including phenoxy) is 2. The van der Waals surface area contributed by atoms with Gasteiger partial charge in [-0.25, -0.2) is 4.79 Å². The van der Waals surface area contributed by atoms with Gasteiger partial charge in [0.1, 0.15) is 5.75 Å². The third-order valence-electron chi connectivity index (χ3n) is 4.05. The van der Waals surface area contributed by atoms with E-state index in [0.717, 1.165) is 16.5 Å². The first-order valence-electron chi connectivity index (χ1n) is 7.53. The first-order chi connectivity index (χ1) is 12.0. The average Bonchev–Trinajstić information content (AvgIpc) is 3.03. The Morgan fingerprint density at radius 3 is 2.64 bits per heavy atom. The molecule has 0 aliphatic heterocycles. The van der Waals surface area contributed by atoms with Gasteiger partial charge in [0, 0.05) is 30.1 Å². The molecule has 0 bridgehead atoms. The second-order valence-electron chi connectivity index (χ2n) is 5.50. The van der Waals surface area contributed by atoms with E-state index in [9.17, 15) is 14.9 Å². The van der Waals surface area contributed by atoms with E-state index in [1.165, 1.54) is 19.2 Å². The predicted molar refractivity (Wildman–Crippen MR) is 92.1 cm³/mol. The molecule has 25 heavy (non-hydrogen) atoms. The van der Waals surface area contributed by atoms with Crippen LogP contribution in [-0.2, 0) is 11.2 Å². The van der Waals surface area contributed by atoms with Crippen molar-refractivity contribution < 1.29 is 19.2 Å². The molecule has 0 spiro atoms. The van der Waals surface area contributed by atoms with E-state index in [4.69, 9.17) is 9.47 Å². The summed E-state index contributed by atoms with van der Waals surface area (Å²) < 4.78 is 10.1. The second-order valence-corrected chi connectivity index (χ2v) is 5.50. The third kappa shape index (κ3) is 3.16. The zero-order chi connectivity index (χ0) is 18.0. The maximum absolute atomic E-state index is 11.6. The molecule has 0 saturated carbocycles. The average molecular weight is 340 g/mol. The van der Waals surface area contributed by atoms with Crippen molar-refractivity contribution in [3.8, 4) is 5.75 Å². The lowest BCUT2D eigenvalue weighted by atomic mass is 10.0. The maximum atomic E-state index is 11.6. The number of nitro groups is 1. The molecule has 2 aromatic carbocycles. The first kappa shape index (κ1) is 16.5. The highest BCUT2D eigenvalue weighted by Gasteiger charge is 2.14. The van der Waals surface area contributed by atoms with Gasteiger partial charge in [-0.3, -0.25) is 10.1 Å². The van der Waals surface area contributed by atoms with Gasteiger partial charge in [-0.2, -0.15) is 0 Å². The minimum Gasteiger partial charge on any atom is -0.496 e. The molecule has 0 aliphatic carbocycles. The fourth-order valence-corrected chi connectivity index (χ4v) is 2.77. The number of carbonyl (C=O) groups is 1. The summed E-state index contributed by atoms with van der Waals surface area (Å²) in [5.74, 6) is 0.156. The van der Waals surface area contributed by atoms with Gasteiger partial charge in [0.05, 0.1) is 30.2 Å². The fraction of sp³-hybridized carbons (Fsp3) is 0.167. The Balaban J connectivity index is 1.95. The number of aromatic amines is 1. The SMILES string of the molecule is COC(=O)c1ccc(Cc2c[nH]c3cc([N+](=O)[O-])ccc23)c(OC)c1. The molecule has 7 nitrogen and oxygen atoms in total. The Hall–Kier alpha value is -3.35. The van der Waals surface area contributed by atoms with Crippen LogP contribution in [0.4, 0.5) is 5.69 Å². The minimum atomic E-state index is -0.427. The number of aromatic nitrogens is 1. The molecule has 128 valence electrons. The van der Waals surface area contributed by atoms with Crippen LogP contribution < -0.4 is 4.74 Å². The van der Waals surface area contributed by atoms with Gasteiger partial charge in [0.15, 0.2) is 0 Å². The Morgan fingerprint density at radius 2 is 1.96 bits per heavy atom. The summed E-state index contributed by atoms with van der Waals surface area (Å²) in [5, 5.41) is 11.8. The van der Waals surface area contributed by atoms with E-state index in [1.54, 1.807) is 25.3 Å². The lowest BCUT2D eigenvalue weighted by molar-refractivity contribution is -0.384. The van der Waals surface area contributed by atoms with E-state index in [-0.39, 0.29) is 5.69 Å². The molecule has 0 saturated heterocycles. The van der Waals surface area contributed by atoms with Gasteiger partial charge < -0.3 is 14.5 Å². The summed E-state index contributed by atoms with van der Waals surface area (Å²) in [6.07, 6.45) is 2.38. The Kier molecular flexibility index (Phi) is 4.38. The molecule has 0 amide bonds. The number of fused-ring (bicyclic) bond motifs is 1. The van der Waals surface area contributed by atoms with Crippen LogP contribution in [0.3, 0.4) is 0 Å². The lowest BCUT2D eigenvalue weighted by Crippen LogP contribution is -2.03. The number of nitro benzene ring substituents is 1. The highest BCUT2D eigenvalue weighted by molar-refractivity contribution is 5.90. The topological polar surface area (TPSA) is 94.5 Å². The van der Waals surface area contributed by atoms with Crippen LogP contribution in [0.2, 0.25) is 0 Å². The molecule has 1 aromatic heterocycles. The van der Waals surface area contributed by atoms with E-state index in [2.05, 4.69) is 4.98 Å². The smallest absolute Gasteiger partial charge is 0.337 e. The Labute approximate surface area is 143 Å². The van der Waals surface area contributed by atoms with E-state index < -0.39 is 10.9 Å². The standard InChI is InChI=1S/C18H16N2O5/c1-24-17-8-12(18(21)25-2)4-3-11(17)7-13-10-19-16-9-14(20(22)23)5-6-15(13)16/h3-6,8-10,19H,7H2,1-2H3. The number of H-pyrrole nitrogens is 1. The zero-order valence-corrected chi connectivity index (χ0v) is 13.7. The van der Waals surface area contributed by atoms with Crippen LogP contribution in [0.15, 0.2) is 42.6 Å². The highest BCUT2D eigenvalue weighted by Crippen LogP contribution is 2.28. The molecule has 3 aromatic rings. The molecule has 0 atom stereocenters. The zero-order valence-electron chi connectivity index (χ0n) is 13.7. The van der Waals surface area contributed by atoms with Crippen LogP contribution >= 0.6 is 0 Å². The molecular formula is C18H16N2O5. The summed E-state index contributed by atoms with van der Waals surface area (Å²) in [6.45, 7) is 0. The molecule has 0 fully saturated rings. The van der Waals surface area contributed by atoms with Gasteiger partial charge in [-0.15, -0.1) is 0 Å². The number of hydrogen-bond donors (Lipinski definition) is 1. The number of non-ortho nitro benzene ring substituents is 1. The second kappa shape index (κ2) is 6.64. The molecule has 1 heterocycles. The van der Waals surface area contributed by atoms with Crippen molar-refractivity contribution in [2.45, 2.75) is 6.42 Å². The van der Waals surface area contributed by atoms with Crippen molar-refractivity contribution >= 4 is 22.6 Å². The predicted octanol–water partition coefficient (Wildman–Crippen LogP) is 3.46. The van der Waals surface area contributed by atoms with Crippen LogP contribution in [-0.4, -0.2) is 30.1 Å². The van der Waals surface area contributed by atoms with E-state index in [1.807, 2.05) is 12.3 Å². The van der Waals surface area contributed by atoms with Gasteiger partial charge in [-0.1, -0.05) is 6.07 Å². The van der Waals surface area contributed by atoms with Crippen LogP contribution in [0.5, 0.6) is 5.75 Å². The molecule has 0 unspecified atom stereocenters. The largest absolute Gasteiger partial charge is 0.496 e. The van der Waals surface area contributed by atoms with Crippen molar-refractivity contribution in [3.05, 3.63) is 69.4 Å². The molecule has 3 rings (SSSR count). The number of rotatable bonds is 5. The van der Waals surface area contributed by atoms with Crippen molar-refractivity contribution in [1.29, 1.82) is 0 Å². The monoisotopic (exact) mass is 340 g/mol. The molecule has 0 aliphatic rings. The number of benzene rings is 2. The number of carbonyl (C=O) groups excluding carboxylic acids is 1. The minimum absolute atomic E-state index is 0.0425. The normalized spacial score (nSPS) is 10.6. The Morgan fingerprint density at radius 1 is 1.16 bits per heavy atom. The lowest BCUT2D eigenvalue weighted by Gasteiger charge is -2.10. The van der Waals surface area contributed by atoms with Gasteiger partial charge in [0.25, 0.3) is 5.69 Å². The van der Waals surface area contributed by atoms with Crippen molar-refractivity contribution in [2.24, 2.45) is 0 Å². The maximum Gasteiger partial charge on any atom is 0.337 e. The summed E-state index contributed by atoms with van der Waals surface area (Å²) in [5.41, 5.74) is 3.04. The molecular weight excluding hydrogens is 324 g/mol. The van der Waals surface area contributed by atoms with E-state index in [0.29, 0.717) is 23.3 Å². The summed E-state index contributed by atoms with van der Waals surface area (Å²) in [7, 11) is 2.87. The van der Waals surface area contributed by atoms with Crippen LogP contribution in [0.25, 0.3) is 10.9 Å².